The van der Waals surface area contributed by atoms with E-state index in [1.165, 1.54) is 6.21 Å². The van der Waals surface area contributed by atoms with Crippen LogP contribution in [0.2, 0.25) is 5.15 Å². The molecule has 1 unspecified atom stereocenters. The first-order valence-corrected chi connectivity index (χ1v) is 7.72. The molecule has 23 heavy (non-hydrogen) atoms. The molecule has 0 radical (unpaired) electrons. The highest BCUT2D eigenvalue weighted by Gasteiger charge is 2.32. The Balaban J connectivity index is 1.71. The van der Waals surface area contributed by atoms with Crippen LogP contribution in [0, 0.1) is 0 Å². The van der Waals surface area contributed by atoms with E-state index in [0.717, 1.165) is 28.2 Å². The number of aromatic nitrogens is 2. The predicted octanol–water partition coefficient (Wildman–Crippen LogP) is 1.61. The number of amides is 1. The quantitative estimate of drug-likeness (QED) is 0.571. The molecule has 1 aliphatic heterocycles. The highest BCUT2D eigenvalue weighted by molar-refractivity contribution is 8.15. The Labute approximate surface area is 139 Å². The van der Waals surface area contributed by atoms with Crippen molar-refractivity contribution < 1.29 is 14.7 Å². The fourth-order valence-electron chi connectivity index (χ4n) is 1.97. The van der Waals surface area contributed by atoms with E-state index in [1.807, 2.05) is 0 Å². The van der Waals surface area contributed by atoms with Crippen LogP contribution in [0.15, 0.2) is 28.4 Å². The summed E-state index contributed by atoms with van der Waals surface area (Å²) in [5, 5.41) is 26.5. The van der Waals surface area contributed by atoms with Crippen LogP contribution in [0.5, 0.6) is 0 Å². The van der Waals surface area contributed by atoms with Crippen LogP contribution < -0.4 is 5.32 Å². The average Bonchev–Trinajstić information content (AvgIpc) is 3.03. The molecule has 1 aliphatic rings. The van der Waals surface area contributed by atoms with Crippen molar-refractivity contribution in [1.82, 2.24) is 15.5 Å². The van der Waals surface area contributed by atoms with E-state index in [1.54, 1.807) is 18.2 Å². The van der Waals surface area contributed by atoms with Gasteiger partial charge in [0.05, 0.1) is 18.2 Å². The lowest BCUT2D eigenvalue weighted by Crippen LogP contribution is -2.26. The topological polar surface area (TPSA) is 120 Å². The summed E-state index contributed by atoms with van der Waals surface area (Å²) >= 11 is 7.01. The van der Waals surface area contributed by atoms with Crippen LogP contribution in [0.1, 0.15) is 12.0 Å². The number of amidine groups is 1. The number of rotatable bonds is 4. The van der Waals surface area contributed by atoms with Gasteiger partial charge in [-0.2, -0.15) is 10.2 Å². The Bertz CT molecular complexity index is 847. The number of aliphatic carboxylic acids is 1. The summed E-state index contributed by atoms with van der Waals surface area (Å²) in [6.45, 7) is 0. The molecule has 1 amide bonds. The smallest absolute Gasteiger partial charge is 0.305 e. The second kappa shape index (κ2) is 6.39. The van der Waals surface area contributed by atoms with Crippen molar-refractivity contribution in [3.05, 3.63) is 28.9 Å². The van der Waals surface area contributed by atoms with E-state index in [-0.39, 0.29) is 17.5 Å². The van der Waals surface area contributed by atoms with Gasteiger partial charge in [-0.15, -0.1) is 5.10 Å². The SMILES string of the molecule is O=C(O)CC1SC(=NN=Cc2ccc3n[nH]c(Cl)c3c2)NC1=O. The van der Waals surface area contributed by atoms with Crippen LogP contribution in [0.3, 0.4) is 0 Å². The standard InChI is InChI=1S/C13H10ClN5O3S/c14-11-7-3-6(1-2-8(7)17-18-11)5-15-19-13-16-12(22)9(23-13)4-10(20)21/h1-3,5,9H,4H2,(H,17,18)(H,20,21)(H,16,19,22). The zero-order valence-electron chi connectivity index (χ0n) is 11.5. The van der Waals surface area contributed by atoms with E-state index < -0.39 is 11.2 Å². The van der Waals surface area contributed by atoms with Crippen molar-refractivity contribution in [2.45, 2.75) is 11.7 Å². The number of fused-ring (bicyclic) bond motifs is 1. The Hall–Kier alpha value is -2.39. The number of thioether (sulfide) groups is 1. The largest absolute Gasteiger partial charge is 0.481 e. The zero-order valence-corrected chi connectivity index (χ0v) is 13.1. The van der Waals surface area contributed by atoms with Gasteiger partial charge in [0, 0.05) is 5.39 Å². The van der Waals surface area contributed by atoms with E-state index >= 15 is 0 Å². The molecule has 1 atom stereocenters. The Morgan fingerprint density at radius 2 is 2.35 bits per heavy atom. The summed E-state index contributed by atoms with van der Waals surface area (Å²) in [4.78, 5) is 22.2. The lowest BCUT2D eigenvalue weighted by Gasteiger charge is -1.97. The molecule has 10 heteroatoms. The van der Waals surface area contributed by atoms with Crippen molar-refractivity contribution in [1.29, 1.82) is 0 Å². The van der Waals surface area contributed by atoms with E-state index in [2.05, 4.69) is 25.7 Å². The molecular weight excluding hydrogens is 342 g/mol. The fourth-order valence-corrected chi connectivity index (χ4v) is 3.08. The van der Waals surface area contributed by atoms with Gasteiger partial charge in [0.15, 0.2) is 5.17 Å². The summed E-state index contributed by atoms with van der Waals surface area (Å²) in [5.41, 5.74) is 1.51. The predicted molar refractivity (Wildman–Crippen MR) is 87.9 cm³/mol. The molecular formula is C13H10ClN5O3S. The lowest BCUT2D eigenvalue weighted by molar-refractivity contribution is -0.138. The van der Waals surface area contributed by atoms with Crippen molar-refractivity contribution in [3.63, 3.8) is 0 Å². The van der Waals surface area contributed by atoms with Gasteiger partial charge in [0.25, 0.3) is 0 Å². The minimum atomic E-state index is -1.03. The molecule has 8 nitrogen and oxygen atoms in total. The number of carbonyl (C=O) groups is 2. The molecule has 0 aliphatic carbocycles. The number of benzene rings is 1. The zero-order chi connectivity index (χ0) is 16.4. The lowest BCUT2D eigenvalue weighted by atomic mass is 10.2. The third-order valence-corrected chi connectivity index (χ3v) is 4.38. The first kappa shape index (κ1) is 15.5. The number of carboxylic acids is 1. The average molecular weight is 352 g/mol. The first-order chi connectivity index (χ1) is 11.0. The number of H-pyrrole nitrogens is 1. The monoisotopic (exact) mass is 351 g/mol. The van der Waals surface area contributed by atoms with Crippen molar-refractivity contribution >= 4 is 57.5 Å². The van der Waals surface area contributed by atoms with Gasteiger partial charge in [-0.25, -0.2) is 0 Å². The van der Waals surface area contributed by atoms with Crippen LogP contribution >= 0.6 is 23.4 Å². The van der Waals surface area contributed by atoms with Crippen LogP contribution in [-0.2, 0) is 9.59 Å². The highest BCUT2D eigenvalue weighted by Crippen LogP contribution is 2.23. The van der Waals surface area contributed by atoms with Crippen LogP contribution in [0.25, 0.3) is 10.9 Å². The molecule has 1 saturated heterocycles. The van der Waals surface area contributed by atoms with Gasteiger partial charge in [-0.1, -0.05) is 29.4 Å². The number of hydrogen-bond donors (Lipinski definition) is 3. The van der Waals surface area contributed by atoms with Gasteiger partial charge >= 0.3 is 5.97 Å². The van der Waals surface area contributed by atoms with Crippen molar-refractivity contribution in [3.8, 4) is 0 Å². The van der Waals surface area contributed by atoms with Gasteiger partial charge in [0.1, 0.15) is 10.4 Å². The molecule has 1 aromatic carbocycles. The maximum absolute atomic E-state index is 11.6. The molecule has 1 aromatic heterocycles. The number of hydrogen-bond acceptors (Lipinski definition) is 6. The van der Waals surface area contributed by atoms with Crippen molar-refractivity contribution in [2.75, 3.05) is 0 Å². The van der Waals surface area contributed by atoms with Gasteiger partial charge < -0.3 is 10.4 Å². The molecule has 0 saturated carbocycles. The summed E-state index contributed by atoms with van der Waals surface area (Å²) in [6.07, 6.45) is 1.25. The molecule has 3 rings (SSSR count). The number of carboxylic acid groups (broad SMARTS) is 1. The summed E-state index contributed by atoms with van der Waals surface area (Å²) < 4.78 is 0. The van der Waals surface area contributed by atoms with E-state index in [9.17, 15) is 9.59 Å². The highest BCUT2D eigenvalue weighted by atomic mass is 35.5. The maximum atomic E-state index is 11.6. The number of halogens is 1. The molecule has 1 fully saturated rings. The molecule has 0 bridgehead atoms. The molecule has 3 N–H and O–H groups in total. The Morgan fingerprint density at radius 1 is 1.52 bits per heavy atom. The summed E-state index contributed by atoms with van der Waals surface area (Å²) in [7, 11) is 0. The number of nitrogens with zero attached hydrogens (tertiary/aromatic N) is 3. The normalized spacial score (nSPS) is 19.8. The number of aromatic amines is 1. The van der Waals surface area contributed by atoms with Crippen LogP contribution in [-0.4, -0.2) is 43.8 Å². The fraction of sp³-hybridized carbons (Fsp3) is 0.154. The maximum Gasteiger partial charge on any atom is 0.305 e. The summed E-state index contributed by atoms with van der Waals surface area (Å²) in [5.74, 6) is -1.41. The van der Waals surface area contributed by atoms with Crippen LogP contribution in [0.4, 0.5) is 0 Å². The van der Waals surface area contributed by atoms with Gasteiger partial charge in [-0.05, 0) is 17.7 Å². The third kappa shape index (κ3) is 3.51. The minimum Gasteiger partial charge on any atom is -0.481 e. The summed E-state index contributed by atoms with van der Waals surface area (Å²) in [6, 6.07) is 5.40. The van der Waals surface area contributed by atoms with E-state index in [4.69, 9.17) is 16.7 Å². The van der Waals surface area contributed by atoms with Gasteiger partial charge in [0.2, 0.25) is 5.91 Å². The second-order valence-electron chi connectivity index (χ2n) is 4.66. The molecule has 2 aromatic rings. The number of nitrogens with one attached hydrogen (secondary N) is 2. The minimum absolute atomic E-state index is 0.255. The second-order valence-corrected chi connectivity index (χ2v) is 6.23. The molecule has 2 heterocycles. The molecule has 118 valence electrons. The Morgan fingerprint density at radius 3 is 3.13 bits per heavy atom. The molecule has 0 spiro atoms. The number of carbonyl (C=O) groups excluding carboxylic acids is 1. The Kier molecular flexibility index (Phi) is 4.30. The first-order valence-electron chi connectivity index (χ1n) is 6.47. The van der Waals surface area contributed by atoms with Gasteiger partial charge in [-0.3, -0.25) is 14.7 Å². The van der Waals surface area contributed by atoms with Crippen molar-refractivity contribution in [2.24, 2.45) is 10.2 Å². The third-order valence-electron chi connectivity index (χ3n) is 3.02. The van der Waals surface area contributed by atoms with E-state index in [0.29, 0.717) is 5.15 Å².